The van der Waals surface area contributed by atoms with E-state index in [0.29, 0.717) is 0 Å². The van der Waals surface area contributed by atoms with E-state index < -0.39 is 0 Å². The van der Waals surface area contributed by atoms with E-state index in [-0.39, 0.29) is 0 Å². The fraction of sp³-hybridized carbons (Fsp3) is 0.647. The molecule has 0 aliphatic carbocycles. The first-order chi connectivity index (χ1) is 9.33. The van der Waals surface area contributed by atoms with Crippen LogP contribution in [0.25, 0.3) is 0 Å². The molecule has 108 valence electrons. The van der Waals surface area contributed by atoms with Crippen LogP contribution >= 0.6 is 15.9 Å². The summed E-state index contributed by atoms with van der Waals surface area (Å²) in [5.74, 6) is 1.00. The number of halogens is 1. The molecular formula is C17H27BrO. The van der Waals surface area contributed by atoms with Crippen LogP contribution in [-0.2, 0) is 0 Å². The maximum atomic E-state index is 5.72. The normalized spacial score (nSPS) is 10.6. The summed E-state index contributed by atoms with van der Waals surface area (Å²) in [6.45, 7) is 2.95. The zero-order valence-corrected chi connectivity index (χ0v) is 13.8. The van der Waals surface area contributed by atoms with Gasteiger partial charge in [0.05, 0.1) is 6.61 Å². The number of benzene rings is 1. The highest BCUT2D eigenvalue weighted by Crippen LogP contribution is 2.13. The first-order valence-corrected chi connectivity index (χ1v) is 8.70. The lowest BCUT2D eigenvalue weighted by Gasteiger charge is -2.06. The molecule has 0 spiro atoms. The molecule has 1 nitrogen and oxygen atoms in total. The number of alkyl halides is 1. The zero-order valence-electron chi connectivity index (χ0n) is 12.2. The third kappa shape index (κ3) is 9.10. The fourth-order valence-electron chi connectivity index (χ4n) is 2.08. The second-order valence-electron chi connectivity index (χ2n) is 5.18. The molecule has 0 heterocycles. The van der Waals surface area contributed by atoms with E-state index in [9.17, 15) is 0 Å². The summed E-state index contributed by atoms with van der Waals surface area (Å²) >= 11 is 3.47. The number of rotatable bonds is 11. The summed E-state index contributed by atoms with van der Waals surface area (Å²) in [5, 5.41) is 1.16. The summed E-state index contributed by atoms with van der Waals surface area (Å²) in [4.78, 5) is 0. The van der Waals surface area contributed by atoms with E-state index in [0.717, 1.165) is 17.7 Å². The predicted octanol–water partition coefficient (Wildman–Crippen LogP) is 5.89. The molecule has 19 heavy (non-hydrogen) atoms. The molecule has 0 amide bonds. The summed E-state index contributed by atoms with van der Waals surface area (Å²) in [7, 11) is 0. The minimum absolute atomic E-state index is 0.854. The summed E-state index contributed by atoms with van der Waals surface area (Å²) < 4.78 is 5.72. The summed E-state index contributed by atoms with van der Waals surface area (Å²) in [5.41, 5.74) is 1.28. The second kappa shape index (κ2) is 11.3. The first-order valence-electron chi connectivity index (χ1n) is 7.58. The third-order valence-corrected chi connectivity index (χ3v) is 3.88. The van der Waals surface area contributed by atoms with Crippen molar-refractivity contribution < 1.29 is 4.74 Å². The Hall–Kier alpha value is -0.500. The number of hydrogen-bond acceptors (Lipinski definition) is 1. The molecule has 0 aromatic heterocycles. The van der Waals surface area contributed by atoms with Crippen LogP contribution in [0, 0.1) is 6.92 Å². The van der Waals surface area contributed by atoms with Gasteiger partial charge in [-0.05, 0) is 31.9 Å². The first kappa shape index (κ1) is 16.6. The van der Waals surface area contributed by atoms with Gasteiger partial charge in [0.2, 0.25) is 0 Å². The molecular weight excluding hydrogens is 300 g/mol. The minimum atomic E-state index is 0.854. The van der Waals surface area contributed by atoms with Crippen LogP contribution in [0.3, 0.4) is 0 Å². The standard InChI is InChI=1S/C17H27BrO/c1-16-10-12-17(13-11-16)19-15-9-7-5-3-2-4-6-8-14-18/h10-13H,2-9,14-15H2,1H3. The molecule has 0 radical (unpaired) electrons. The van der Waals surface area contributed by atoms with Gasteiger partial charge in [-0.2, -0.15) is 0 Å². The van der Waals surface area contributed by atoms with Crippen LogP contribution in [0.1, 0.15) is 56.9 Å². The van der Waals surface area contributed by atoms with Gasteiger partial charge in [-0.15, -0.1) is 0 Å². The molecule has 1 aromatic carbocycles. The zero-order chi connectivity index (χ0) is 13.8. The van der Waals surface area contributed by atoms with Crippen molar-refractivity contribution >= 4 is 15.9 Å². The molecule has 0 atom stereocenters. The topological polar surface area (TPSA) is 9.23 Å². The van der Waals surface area contributed by atoms with E-state index >= 15 is 0 Å². The van der Waals surface area contributed by atoms with E-state index in [2.05, 4.69) is 47.1 Å². The molecule has 0 fully saturated rings. The molecule has 0 saturated carbocycles. The molecule has 1 aromatic rings. The van der Waals surface area contributed by atoms with Crippen LogP contribution in [0.15, 0.2) is 24.3 Å². The molecule has 0 saturated heterocycles. The molecule has 0 bridgehead atoms. The lowest BCUT2D eigenvalue weighted by Crippen LogP contribution is -1.97. The highest BCUT2D eigenvalue weighted by atomic mass is 79.9. The molecule has 1 rings (SSSR count). The lowest BCUT2D eigenvalue weighted by molar-refractivity contribution is 0.304. The SMILES string of the molecule is Cc1ccc(OCCCCCCCCCCBr)cc1. The van der Waals surface area contributed by atoms with Crippen LogP contribution in [0.4, 0.5) is 0 Å². The summed E-state index contributed by atoms with van der Waals surface area (Å²) in [6, 6.07) is 8.31. The highest BCUT2D eigenvalue weighted by Gasteiger charge is 1.94. The Morgan fingerprint density at radius 3 is 1.89 bits per heavy atom. The second-order valence-corrected chi connectivity index (χ2v) is 5.97. The quantitative estimate of drug-likeness (QED) is 0.364. The smallest absolute Gasteiger partial charge is 0.119 e. The van der Waals surface area contributed by atoms with Crippen LogP contribution < -0.4 is 4.74 Å². The number of aryl methyl sites for hydroxylation is 1. The third-order valence-electron chi connectivity index (χ3n) is 3.32. The van der Waals surface area contributed by atoms with E-state index in [1.807, 2.05) is 0 Å². The van der Waals surface area contributed by atoms with Gasteiger partial charge in [-0.1, -0.05) is 72.2 Å². The average molecular weight is 327 g/mol. The van der Waals surface area contributed by atoms with Crippen molar-refractivity contribution in [2.75, 3.05) is 11.9 Å². The maximum Gasteiger partial charge on any atom is 0.119 e. The Labute approximate surface area is 126 Å². The van der Waals surface area contributed by atoms with Gasteiger partial charge in [0.15, 0.2) is 0 Å². The molecule has 0 aliphatic rings. The number of hydrogen-bond donors (Lipinski definition) is 0. The van der Waals surface area contributed by atoms with Crippen molar-refractivity contribution in [2.45, 2.75) is 58.3 Å². The fourth-order valence-corrected chi connectivity index (χ4v) is 2.48. The van der Waals surface area contributed by atoms with Crippen LogP contribution in [0.2, 0.25) is 0 Å². The molecule has 0 N–H and O–H groups in total. The Kier molecular flexibility index (Phi) is 9.88. The van der Waals surface area contributed by atoms with Crippen LogP contribution in [0.5, 0.6) is 5.75 Å². The van der Waals surface area contributed by atoms with Gasteiger partial charge in [0.1, 0.15) is 5.75 Å². The van der Waals surface area contributed by atoms with Gasteiger partial charge in [0, 0.05) is 5.33 Å². The highest BCUT2D eigenvalue weighted by molar-refractivity contribution is 9.09. The Morgan fingerprint density at radius 2 is 1.32 bits per heavy atom. The van der Waals surface area contributed by atoms with Gasteiger partial charge >= 0.3 is 0 Å². The van der Waals surface area contributed by atoms with Crippen molar-refractivity contribution in [1.82, 2.24) is 0 Å². The minimum Gasteiger partial charge on any atom is -0.494 e. The monoisotopic (exact) mass is 326 g/mol. The molecule has 0 unspecified atom stereocenters. The summed E-state index contributed by atoms with van der Waals surface area (Å²) in [6.07, 6.45) is 10.7. The molecule has 0 aliphatic heterocycles. The van der Waals surface area contributed by atoms with Crippen molar-refractivity contribution in [3.05, 3.63) is 29.8 Å². The van der Waals surface area contributed by atoms with Crippen molar-refractivity contribution in [3.63, 3.8) is 0 Å². The van der Waals surface area contributed by atoms with Crippen molar-refractivity contribution in [2.24, 2.45) is 0 Å². The number of ether oxygens (including phenoxy) is 1. The van der Waals surface area contributed by atoms with Crippen molar-refractivity contribution in [3.8, 4) is 5.75 Å². The largest absolute Gasteiger partial charge is 0.494 e. The molecule has 2 heteroatoms. The predicted molar refractivity (Wildman–Crippen MR) is 87.4 cm³/mol. The number of unbranched alkanes of at least 4 members (excludes halogenated alkanes) is 7. The maximum absolute atomic E-state index is 5.72. The van der Waals surface area contributed by atoms with Gasteiger partial charge < -0.3 is 4.74 Å². The van der Waals surface area contributed by atoms with Gasteiger partial charge in [-0.25, -0.2) is 0 Å². The Balaban J connectivity index is 1.87. The van der Waals surface area contributed by atoms with E-state index in [1.54, 1.807) is 0 Å². The van der Waals surface area contributed by atoms with Crippen molar-refractivity contribution in [1.29, 1.82) is 0 Å². The Bertz CT molecular complexity index is 308. The Morgan fingerprint density at radius 1 is 0.789 bits per heavy atom. The van der Waals surface area contributed by atoms with Gasteiger partial charge in [-0.3, -0.25) is 0 Å². The average Bonchev–Trinajstić information content (AvgIpc) is 2.43. The van der Waals surface area contributed by atoms with E-state index in [4.69, 9.17) is 4.74 Å². The lowest BCUT2D eigenvalue weighted by atomic mass is 10.1. The van der Waals surface area contributed by atoms with Gasteiger partial charge in [0.25, 0.3) is 0 Å². The van der Waals surface area contributed by atoms with E-state index in [1.165, 1.54) is 56.9 Å². The van der Waals surface area contributed by atoms with Crippen LogP contribution in [-0.4, -0.2) is 11.9 Å².